The van der Waals surface area contributed by atoms with Crippen LogP contribution in [0.2, 0.25) is 0 Å². The predicted molar refractivity (Wildman–Crippen MR) is 70.9 cm³/mol. The minimum atomic E-state index is -0.817. The Labute approximate surface area is 110 Å². The van der Waals surface area contributed by atoms with Crippen LogP contribution < -0.4 is 5.32 Å². The van der Waals surface area contributed by atoms with Crippen LogP contribution in [0.4, 0.5) is 0 Å². The van der Waals surface area contributed by atoms with Gasteiger partial charge in [-0.3, -0.25) is 4.79 Å². The fourth-order valence-corrected chi connectivity index (χ4v) is 1.79. The van der Waals surface area contributed by atoms with E-state index in [4.69, 9.17) is 9.47 Å². The van der Waals surface area contributed by atoms with Crippen molar-refractivity contribution in [2.45, 2.75) is 45.1 Å². The van der Waals surface area contributed by atoms with Crippen LogP contribution in [0.15, 0.2) is 0 Å². The van der Waals surface area contributed by atoms with E-state index in [1.807, 2.05) is 6.92 Å². The Bertz CT molecular complexity index is 217. The molecule has 0 aliphatic rings. The van der Waals surface area contributed by atoms with E-state index >= 15 is 0 Å². The highest BCUT2D eigenvalue weighted by molar-refractivity contribution is 5.78. The van der Waals surface area contributed by atoms with Gasteiger partial charge >= 0.3 is 5.97 Å². The third-order valence-electron chi connectivity index (χ3n) is 3.10. The molecule has 0 saturated heterocycles. The van der Waals surface area contributed by atoms with Gasteiger partial charge in [-0.05, 0) is 32.7 Å². The maximum atomic E-state index is 11.2. The Morgan fingerprint density at radius 3 is 2.22 bits per heavy atom. The summed E-state index contributed by atoms with van der Waals surface area (Å²) in [5.41, 5.74) is -0.817. The van der Waals surface area contributed by atoms with Crippen molar-refractivity contribution in [2.24, 2.45) is 0 Å². The van der Waals surface area contributed by atoms with Gasteiger partial charge in [-0.25, -0.2) is 0 Å². The number of nitrogens with one attached hydrogen (secondary N) is 1. The molecule has 0 aromatic carbocycles. The second-order valence-electron chi connectivity index (χ2n) is 4.32. The first-order valence-corrected chi connectivity index (χ1v) is 6.70. The highest BCUT2D eigenvalue weighted by Gasteiger charge is 2.33. The van der Waals surface area contributed by atoms with Gasteiger partial charge in [0.1, 0.15) is 5.54 Å². The Hall–Kier alpha value is -0.650. The molecule has 18 heavy (non-hydrogen) atoms. The first-order valence-electron chi connectivity index (χ1n) is 6.70. The lowest BCUT2D eigenvalue weighted by Gasteiger charge is -2.27. The van der Waals surface area contributed by atoms with Crippen molar-refractivity contribution in [3.8, 4) is 0 Å². The Morgan fingerprint density at radius 2 is 1.78 bits per heavy atom. The average Bonchev–Trinajstić information content (AvgIpc) is 2.37. The van der Waals surface area contributed by atoms with Gasteiger partial charge in [0.15, 0.2) is 0 Å². The fourth-order valence-electron chi connectivity index (χ4n) is 1.79. The van der Waals surface area contributed by atoms with E-state index in [1.54, 1.807) is 7.05 Å². The van der Waals surface area contributed by atoms with E-state index in [0.717, 1.165) is 19.4 Å². The van der Waals surface area contributed by atoms with Crippen LogP contribution >= 0.6 is 0 Å². The van der Waals surface area contributed by atoms with Crippen LogP contribution in [0.3, 0.4) is 0 Å². The van der Waals surface area contributed by atoms with Gasteiger partial charge in [0, 0.05) is 13.2 Å². The molecule has 0 heterocycles. The third kappa shape index (κ3) is 6.33. The van der Waals surface area contributed by atoms with E-state index in [0.29, 0.717) is 32.7 Å². The van der Waals surface area contributed by atoms with Crippen molar-refractivity contribution in [3.63, 3.8) is 0 Å². The Morgan fingerprint density at radius 1 is 1.17 bits per heavy atom. The number of hydrogen-bond acceptors (Lipinski definition) is 4. The van der Waals surface area contributed by atoms with Crippen molar-refractivity contribution in [2.75, 3.05) is 33.5 Å². The van der Waals surface area contributed by atoms with Crippen LogP contribution in [0, 0.1) is 0 Å². The zero-order chi connectivity index (χ0) is 13.9. The lowest BCUT2D eigenvalue weighted by Crippen LogP contribution is -2.49. The second-order valence-corrected chi connectivity index (χ2v) is 4.32. The summed E-state index contributed by atoms with van der Waals surface area (Å²) >= 11 is 0. The summed E-state index contributed by atoms with van der Waals surface area (Å²) in [4.78, 5) is 11.2. The SMILES string of the molecule is CCCOCCOCCCC(CC)(NC)C(=O)O. The number of carboxylic acids is 1. The Balaban J connectivity index is 3.65. The summed E-state index contributed by atoms with van der Waals surface area (Å²) in [5.74, 6) is -0.793. The van der Waals surface area contributed by atoms with Crippen LogP contribution in [0.1, 0.15) is 39.5 Å². The van der Waals surface area contributed by atoms with Crippen LogP contribution in [-0.4, -0.2) is 50.1 Å². The molecule has 0 aliphatic heterocycles. The number of carbonyl (C=O) groups is 1. The van der Waals surface area contributed by atoms with Gasteiger partial charge < -0.3 is 19.9 Å². The van der Waals surface area contributed by atoms with Gasteiger partial charge in [0.25, 0.3) is 0 Å². The molecule has 5 nitrogen and oxygen atoms in total. The summed E-state index contributed by atoms with van der Waals surface area (Å²) in [6.45, 7) is 6.47. The zero-order valence-electron chi connectivity index (χ0n) is 11.8. The average molecular weight is 261 g/mol. The molecule has 0 fully saturated rings. The van der Waals surface area contributed by atoms with Crippen molar-refractivity contribution in [3.05, 3.63) is 0 Å². The van der Waals surface area contributed by atoms with Crippen LogP contribution in [0.25, 0.3) is 0 Å². The quantitative estimate of drug-likeness (QED) is 0.523. The highest BCUT2D eigenvalue weighted by atomic mass is 16.5. The molecule has 0 saturated carbocycles. The summed E-state index contributed by atoms with van der Waals surface area (Å²) < 4.78 is 10.7. The van der Waals surface area contributed by atoms with Gasteiger partial charge in [-0.1, -0.05) is 13.8 Å². The smallest absolute Gasteiger partial charge is 0.323 e. The molecule has 5 heteroatoms. The summed E-state index contributed by atoms with van der Waals surface area (Å²) in [5, 5.41) is 12.1. The minimum absolute atomic E-state index is 0.568. The number of rotatable bonds is 12. The van der Waals surface area contributed by atoms with Crippen LogP contribution in [-0.2, 0) is 14.3 Å². The molecular weight excluding hydrogens is 234 g/mol. The number of aliphatic carboxylic acids is 1. The molecule has 0 aromatic rings. The van der Waals surface area contributed by atoms with E-state index < -0.39 is 11.5 Å². The van der Waals surface area contributed by atoms with E-state index in [-0.39, 0.29) is 0 Å². The molecule has 0 bridgehead atoms. The molecule has 2 N–H and O–H groups in total. The number of carboxylic acid groups (broad SMARTS) is 1. The van der Waals surface area contributed by atoms with E-state index in [9.17, 15) is 9.90 Å². The van der Waals surface area contributed by atoms with Gasteiger partial charge in [-0.15, -0.1) is 0 Å². The minimum Gasteiger partial charge on any atom is -0.480 e. The molecule has 0 spiro atoms. The zero-order valence-corrected chi connectivity index (χ0v) is 11.8. The summed E-state index contributed by atoms with van der Waals surface area (Å²) in [7, 11) is 1.69. The van der Waals surface area contributed by atoms with E-state index in [1.165, 1.54) is 0 Å². The molecule has 0 aromatic heterocycles. The first-order chi connectivity index (χ1) is 8.63. The lowest BCUT2D eigenvalue weighted by molar-refractivity contribution is -0.145. The van der Waals surface area contributed by atoms with E-state index in [2.05, 4.69) is 12.2 Å². The number of likely N-dealkylation sites (N-methyl/N-ethyl adjacent to an activating group) is 1. The third-order valence-corrected chi connectivity index (χ3v) is 3.10. The molecule has 0 radical (unpaired) electrons. The lowest BCUT2D eigenvalue weighted by atomic mass is 9.91. The Kier molecular flexibility index (Phi) is 9.92. The number of hydrogen-bond donors (Lipinski definition) is 2. The highest BCUT2D eigenvalue weighted by Crippen LogP contribution is 2.17. The largest absolute Gasteiger partial charge is 0.480 e. The fraction of sp³-hybridized carbons (Fsp3) is 0.923. The van der Waals surface area contributed by atoms with Gasteiger partial charge in [-0.2, -0.15) is 0 Å². The second kappa shape index (κ2) is 10.3. The molecular formula is C13H27NO4. The van der Waals surface area contributed by atoms with Crippen molar-refractivity contribution >= 4 is 5.97 Å². The van der Waals surface area contributed by atoms with Crippen molar-refractivity contribution < 1.29 is 19.4 Å². The molecule has 0 amide bonds. The summed E-state index contributed by atoms with van der Waals surface area (Å²) in [6.07, 6.45) is 2.89. The molecule has 108 valence electrons. The van der Waals surface area contributed by atoms with Gasteiger partial charge in [0.2, 0.25) is 0 Å². The number of ether oxygens (including phenoxy) is 2. The van der Waals surface area contributed by atoms with Crippen molar-refractivity contribution in [1.82, 2.24) is 5.32 Å². The maximum absolute atomic E-state index is 11.2. The molecule has 0 aliphatic carbocycles. The molecule has 1 atom stereocenters. The van der Waals surface area contributed by atoms with Crippen LogP contribution in [0.5, 0.6) is 0 Å². The van der Waals surface area contributed by atoms with Gasteiger partial charge in [0.05, 0.1) is 13.2 Å². The topological polar surface area (TPSA) is 67.8 Å². The molecule has 0 rings (SSSR count). The maximum Gasteiger partial charge on any atom is 0.323 e. The first kappa shape index (κ1) is 17.4. The molecule has 1 unspecified atom stereocenters. The summed E-state index contributed by atoms with van der Waals surface area (Å²) in [6, 6.07) is 0. The normalized spacial score (nSPS) is 14.4. The monoisotopic (exact) mass is 261 g/mol. The van der Waals surface area contributed by atoms with Crippen molar-refractivity contribution in [1.29, 1.82) is 0 Å². The standard InChI is InChI=1S/C13H27NO4/c1-4-8-17-10-11-18-9-6-7-13(5-2,14-3)12(15)16/h14H,4-11H2,1-3H3,(H,15,16). The predicted octanol–water partition coefficient (Wildman–Crippen LogP) is 1.66.